The monoisotopic (exact) mass is 240 g/mol. The highest BCUT2D eigenvalue weighted by Crippen LogP contribution is 2.34. The van der Waals surface area contributed by atoms with E-state index in [9.17, 15) is 9.90 Å². The predicted molar refractivity (Wildman–Crippen MR) is 61.5 cm³/mol. The molecule has 0 aliphatic rings. The zero-order valence-electron chi connectivity index (χ0n) is 10.3. The number of rotatable bonds is 4. The largest absolute Gasteiger partial charge is 0.493 e. The summed E-state index contributed by atoms with van der Waals surface area (Å²) in [4.78, 5) is 11.6. The first-order valence-electron chi connectivity index (χ1n) is 5.07. The fourth-order valence-corrected chi connectivity index (χ4v) is 1.49. The average molecular weight is 240 g/mol. The van der Waals surface area contributed by atoms with Gasteiger partial charge in [-0.25, -0.2) is 4.79 Å². The van der Waals surface area contributed by atoms with Crippen LogP contribution in [0.5, 0.6) is 11.5 Å². The molecule has 5 heteroatoms. The number of carbonyl (C=O) groups excluding carboxylic acids is 1. The maximum atomic E-state index is 11.6. The molecule has 1 atom stereocenters. The maximum absolute atomic E-state index is 11.6. The summed E-state index contributed by atoms with van der Waals surface area (Å²) >= 11 is 0. The quantitative estimate of drug-likeness (QED) is 0.809. The summed E-state index contributed by atoms with van der Waals surface area (Å²) in [7, 11) is 4.18. The zero-order chi connectivity index (χ0) is 13.0. The molecule has 0 spiro atoms. The molecular weight excluding hydrogens is 224 g/mol. The van der Waals surface area contributed by atoms with Crippen LogP contribution in [0.2, 0.25) is 0 Å². The molecular formula is C12H16O5. The molecule has 0 radical (unpaired) electrons. The third-order valence-corrected chi connectivity index (χ3v) is 2.39. The van der Waals surface area contributed by atoms with Gasteiger partial charge in [-0.1, -0.05) is 0 Å². The zero-order valence-corrected chi connectivity index (χ0v) is 10.3. The van der Waals surface area contributed by atoms with Crippen LogP contribution in [0, 0.1) is 0 Å². The van der Waals surface area contributed by atoms with Gasteiger partial charge in [0.2, 0.25) is 0 Å². The third kappa shape index (κ3) is 2.68. The first-order valence-corrected chi connectivity index (χ1v) is 5.07. The van der Waals surface area contributed by atoms with Crippen LogP contribution in [0.25, 0.3) is 0 Å². The summed E-state index contributed by atoms with van der Waals surface area (Å²) in [5, 5.41) is 9.54. The molecule has 0 aromatic heterocycles. The number of ether oxygens (including phenoxy) is 3. The van der Waals surface area contributed by atoms with E-state index >= 15 is 0 Å². The van der Waals surface area contributed by atoms with Gasteiger partial charge >= 0.3 is 5.97 Å². The second-order valence-corrected chi connectivity index (χ2v) is 3.47. The van der Waals surface area contributed by atoms with Crippen molar-refractivity contribution < 1.29 is 24.1 Å². The van der Waals surface area contributed by atoms with Crippen LogP contribution >= 0.6 is 0 Å². The van der Waals surface area contributed by atoms with E-state index in [1.165, 1.54) is 27.4 Å². The number of esters is 1. The number of hydrogen-bond acceptors (Lipinski definition) is 5. The molecule has 1 N–H and O–H groups in total. The summed E-state index contributed by atoms with van der Waals surface area (Å²) < 4.78 is 14.9. The Morgan fingerprint density at radius 3 is 2.29 bits per heavy atom. The van der Waals surface area contributed by atoms with Crippen molar-refractivity contribution in [2.75, 3.05) is 21.3 Å². The molecule has 17 heavy (non-hydrogen) atoms. The van der Waals surface area contributed by atoms with E-state index < -0.39 is 12.1 Å². The Hall–Kier alpha value is -1.75. The lowest BCUT2D eigenvalue weighted by Crippen LogP contribution is -2.07. The minimum Gasteiger partial charge on any atom is -0.493 e. The van der Waals surface area contributed by atoms with Gasteiger partial charge in [-0.15, -0.1) is 0 Å². The Morgan fingerprint density at radius 2 is 1.88 bits per heavy atom. The lowest BCUT2D eigenvalue weighted by molar-refractivity contribution is 0.0596. The van der Waals surface area contributed by atoms with Crippen molar-refractivity contribution >= 4 is 5.97 Å². The number of carbonyl (C=O) groups is 1. The van der Waals surface area contributed by atoms with E-state index in [1.807, 2.05) is 0 Å². The Morgan fingerprint density at radius 1 is 1.24 bits per heavy atom. The van der Waals surface area contributed by atoms with Gasteiger partial charge in [0, 0.05) is 0 Å². The molecule has 1 aromatic rings. The van der Waals surface area contributed by atoms with Crippen molar-refractivity contribution in [2.45, 2.75) is 13.0 Å². The van der Waals surface area contributed by atoms with Crippen molar-refractivity contribution in [1.82, 2.24) is 0 Å². The van der Waals surface area contributed by atoms with Crippen LogP contribution in [0.1, 0.15) is 28.9 Å². The Balaban J connectivity index is 3.42. The summed E-state index contributed by atoms with van der Waals surface area (Å²) in [6, 6.07) is 3.15. The van der Waals surface area contributed by atoms with Crippen molar-refractivity contribution in [2.24, 2.45) is 0 Å². The fourth-order valence-electron chi connectivity index (χ4n) is 1.49. The number of methoxy groups -OCH3 is 3. The van der Waals surface area contributed by atoms with Gasteiger partial charge < -0.3 is 19.3 Å². The van der Waals surface area contributed by atoms with Crippen LogP contribution < -0.4 is 9.47 Å². The molecule has 0 aliphatic carbocycles. The summed E-state index contributed by atoms with van der Waals surface area (Å²) in [6.07, 6.45) is -0.710. The molecule has 94 valence electrons. The average Bonchev–Trinajstić information content (AvgIpc) is 2.35. The standard InChI is InChI=1S/C12H16O5/c1-7(13)8-5-9(12(14)17-4)11(16-3)10(6-8)15-2/h5-7,13H,1-4H3. The lowest BCUT2D eigenvalue weighted by atomic mass is 10.0. The molecule has 0 amide bonds. The van der Waals surface area contributed by atoms with Crippen molar-refractivity contribution in [3.63, 3.8) is 0 Å². The predicted octanol–water partition coefficient (Wildman–Crippen LogP) is 1.54. The van der Waals surface area contributed by atoms with E-state index in [-0.39, 0.29) is 5.56 Å². The van der Waals surface area contributed by atoms with E-state index in [1.54, 1.807) is 13.0 Å². The van der Waals surface area contributed by atoms with Crippen LogP contribution in [0.3, 0.4) is 0 Å². The van der Waals surface area contributed by atoms with Crippen LogP contribution in [-0.4, -0.2) is 32.4 Å². The van der Waals surface area contributed by atoms with Crippen molar-refractivity contribution in [3.8, 4) is 11.5 Å². The molecule has 0 heterocycles. The molecule has 1 unspecified atom stereocenters. The summed E-state index contributed by atoms with van der Waals surface area (Å²) in [6.45, 7) is 1.60. The summed E-state index contributed by atoms with van der Waals surface area (Å²) in [5.74, 6) is 0.137. The molecule has 0 bridgehead atoms. The first kappa shape index (κ1) is 13.3. The van der Waals surface area contributed by atoms with Crippen LogP contribution in [0.15, 0.2) is 12.1 Å². The van der Waals surface area contributed by atoms with Gasteiger partial charge in [0.25, 0.3) is 0 Å². The van der Waals surface area contributed by atoms with E-state index in [4.69, 9.17) is 9.47 Å². The minimum atomic E-state index is -0.710. The molecule has 0 fully saturated rings. The van der Waals surface area contributed by atoms with Crippen molar-refractivity contribution in [3.05, 3.63) is 23.3 Å². The molecule has 1 rings (SSSR count). The Kier molecular flexibility index (Phi) is 4.34. The second kappa shape index (κ2) is 5.54. The third-order valence-electron chi connectivity index (χ3n) is 2.39. The van der Waals surface area contributed by atoms with Gasteiger partial charge in [-0.3, -0.25) is 0 Å². The van der Waals surface area contributed by atoms with Crippen LogP contribution in [0.4, 0.5) is 0 Å². The van der Waals surface area contributed by atoms with E-state index in [0.717, 1.165) is 0 Å². The van der Waals surface area contributed by atoms with Gasteiger partial charge in [0.05, 0.1) is 27.4 Å². The highest BCUT2D eigenvalue weighted by Gasteiger charge is 2.20. The smallest absolute Gasteiger partial charge is 0.341 e. The Labute approximate surface area is 99.9 Å². The Bertz CT molecular complexity index is 412. The molecule has 0 saturated heterocycles. The number of aliphatic hydroxyl groups excluding tert-OH is 1. The first-order chi connectivity index (χ1) is 8.04. The number of benzene rings is 1. The van der Waals surface area contributed by atoms with Crippen LogP contribution in [-0.2, 0) is 4.74 Å². The fraction of sp³-hybridized carbons (Fsp3) is 0.417. The number of aliphatic hydroxyl groups is 1. The van der Waals surface area contributed by atoms with Gasteiger partial charge in [0.1, 0.15) is 5.56 Å². The SMILES string of the molecule is COC(=O)c1cc(C(C)O)cc(OC)c1OC. The highest BCUT2D eigenvalue weighted by molar-refractivity contribution is 5.93. The molecule has 5 nitrogen and oxygen atoms in total. The van der Waals surface area contributed by atoms with Gasteiger partial charge in [0.15, 0.2) is 11.5 Å². The van der Waals surface area contributed by atoms with E-state index in [2.05, 4.69) is 4.74 Å². The highest BCUT2D eigenvalue weighted by atomic mass is 16.5. The molecule has 0 saturated carbocycles. The maximum Gasteiger partial charge on any atom is 0.341 e. The molecule has 1 aromatic carbocycles. The van der Waals surface area contributed by atoms with E-state index in [0.29, 0.717) is 17.1 Å². The normalized spacial score (nSPS) is 11.8. The van der Waals surface area contributed by atoms with Crippen molar-refractivity contribution in [1.29, 1.82) is 0 Å². The number of hydrogen-bond donors (Lipinski definition) is 1. The summed E-state index contributed by atoms with van der Waals surface area (Å²) in [5.41, 5.74) is 0.785. The van der Waals surface area contributed by atoms with Gasteiger partial charge in [-0.05, 0) is 24.6 Å². The minimum absolute atomic E-state index is 0.227. The van der Waals surface area contributed by atoms with Gasteiger partial charge in [-0.2, -0.15) is 0 Å². The topological polar surface area (TPSA) is 65.0 Å². The lowest BCUT2D eigenvalue weighted by Gasteiger charge is -2.14. The molecule has 0 aliphatic heterocycles. The second-order valence-electron chi connectivity index (χ2n) is 3.47.